The maximum atomic E-state index is 14.0. The number of hydrogen-bond donors (Lipinski definition) is 1. The Kier molecular flexibility index (Phi) is 7.54. The molecule has 5 atom stereocenters. The minimum absolute atomic E-state index is 0.00575. The molecule has 6 heteroatoms. The summed E-state index contributed by atoms with van der Waals surface area (Å²) >= 11 is 0. The second kappa shape index (κ2) is 11.4. The van der Waals surface area contributed by atoms with Crippen LogP contribution in [-0.4, -0.2) is 71.3 Å². The standard InChI is InChI=1S/C38H44N2O4/c1-26(2)25-40(33(41)17-14-27-10-6-4-7-11-27)30-18-20-38(42)32-24-29-15-16-31(43-3)35-34(29)37(38,36(30)44-35)21-23-39(32)22-19-28-12-8-5-9-13-28/h4-17,26,30,32,36,42H,18-25H2,1-3H3/t30-,32-,36+,37+,38-/m1/s1. The zero-order valence-electron chi connectivity index (χ0n) is 26.1. The van der Waals surface area contributed by atoms with Gasteiger partial charge in [0.25, 0.3) is 0 Å². The minimum atomic E-state index is -0.958. The molecule has 2 aliphatic carbocycles. The van der Waals surface area contributed by atoms with Gasteiger partial charge in [0.1, 0.15) is 6.10 Å². The number of hydrogen-bond acceptors (Lipinski definition) is 5. The third-order valence-electron chi connectivity index (χ3n) is 10.7. The fourth-order valence-electron chi connectivity index (χ4n) is 8.87. The predicted molar refractivity (Wildman–Crippen MR) is 173 cm³/mol. The number of aliphatic hydroxyl groups is 1. The van der Waals surface area contributed by atoms with E-state index in [1.807, 2.05) is 47.4 Å². The second-order valence-electron chi connectivity index (χ2n) is 13.5. The first-order valence-electron chi connectivity index (χ1n) is 16.3. The summed E-state index contributed by atoms with van der Waals surface area (Å²) in [5, 5.41) is 13.0. The van der Waals surface area contributed by atoms with Gasteiger partial charge in [-0.05, 0) is 73.4 Å². The SMILES string of the molecule is COc1ccc2c3c1O[C@H]1[C@H](N(CC(C)C)C(=O)C=Cc4ccccc4)CC[C@@]4(O)[C@@H](C2)N(CCc2ccccc2)CC[C@]314. The molecular formula is C38H44N2O4. The summed E-state index contributed by atoms with van der Waals surface area (Å²) < 4.78 is 12.8. The highest BCUT2D eigenvalue weighted by Crippen LogP contribution is 2.66. The van der Waals surface area contributed by atoms with Crippen LogP contribution < -0.4 is 9.47 Å². The zero-order chi connectivity index (χ0) is 30.5. The van der Waals surface area contributed by atoms with Crippen LogP contribution >= 0.6 is 0 Å². The smallest absolute Gasteiger partial charge is 0.246 e. The lowest BCUT2D eigenvalue weighted by Gasteiger charge is -2.65. The number of likely N-dealkylation sites (tertiary alicyclic amines) is 1. The lowest BCUT2D eigenvalue weighted by molar-refractivity contribution is -0.201. The van der Waals surface area contributed by atoms with Crippen LogP contribution in [0.1, 0.15) is 55.4 Å². The van der Waals surface area contributed by atoms with E-state index in [1.165, 1.54) is 11.1 Å². The molecule has 1 saturated carbocycles. The van der Waals surface area contributed by atoms with E-state index in [4.69, 9.17) is 9.47 Å². The fourth-order valence-corrected chi connectivity index (χ4v) is 8.87. The average Bonchev–Trinajstić information content (AvgIpc) is 3.39. The molecule has 1 saturated heterocycles. The lowest BCUT2D eigenvalue weighted by Crippen LogP contribution is -2.78. The molecule has 0 aromatic heterocycles. The molecule has 230 valence electrons. The highest BCUT2D eigenvalue weighted by atomic mass is 16.5. The highest BCUT2D eigenvalue weighted by molar-refractivity contribution is 5.92. The van der Waals surface area contributed by atoms with Crippen LogP contribution in [0.2, 0.25) is 0 Å². The number of ether oxygens (including phenoxy) is 2. The van der Waals surface area contributed by atoms with Gasteiger partial charge in [-0.3, -0.25) is 9.69 Å². The molecule has 2 heterocycles. The van der Waals surface area contributed by atoms with Crippen molar-refractivity contribution in [2.24, 2.45) is 5.92 Å². The van der Waals surface area contributed by atoms with E-state index in [0.29, 0.717) is 25.1 Å². The number of carbonyl (C=O) groups excluding carboxylic acids is 1. The molecule has 3 aromatic carbocycles. The largest absolute Gasteiger partial charge is 0.493 e. The van der Waals surface area contributed by atoms with Gasteiger partial charge in [0.15, 0.2) is 11.5 Å². The van der Waals surface area contributed by atoms with Crippen LogP contribution in [0.25, 0.3) is 6.08 Å². The summed E-state index contributed by atoms with van der Waals surface area (Å²) in [4.78, 5) is 18.6. The van der Waals surface area contributed by atoms with Crippen molar-refractivity contribution in [2.75, 3.05) is 26.7 Å². The van der Waals surface area contributed by atoms with Gasteiger partial charge in [0.05, 0.1) is 24.2 Å². The molecule has 4 aliphatic rings. The maximum absolute atomic E-state index is 14.0. The van der Waals surface area contributed by atoms with Crippen molar-refractivity contribution in [3.05, 3.63) is 101 Å². The maximum Gasteiger partial charge on any atom is 0.246 e. The van der Waals surface area contributed by atoms with Crippen molar-refractivity contribution < 1.29 is 19.4 Å². The predicted octanol–water partition coefficient (Wildman–Crippen LogP) is 5.66. The Bertz CT molecular complexity index is 1540. The Balaban J connectivity index is 1.27. The Hall–Kier alpha value is -3.61. The number of rotatable bonds is 9. The topological polar surface area (TPSA) is 62.2 Å². The van der Waals surface area contributed by atoms with Gasteiger partial charge in [0.2, 0.25) is 5.91 Å². The van der Waals surface area contributed by atoms with E-state index >= 15 is 0 Å². The number of nitrogens with zero attached hydrogens (tertiary/aromatic N) is 2. The third-order valence-corrected chi connectivity index (χ3v) is 10.7. The Labute approximate surface area is 261 Å². The zero-order valence-corrected chi connectivity index (χ0v) is 26.1. The number of carbonyl (C=O) groups is 1. The van der Waals surface area contributed by atoms with Crippen LogP contribution in [0, 0.1) is 5.92 Å². The van der Waals surface area contributed by atoms with Gasteiger partial charge in [-0.2, -0.15) is 0 Å². The lowest BCUT2D eigenvalue weighted by atomic mass is 9.48. The van der Waals surface area contributed by atoms with Crippen LogP contribution in [-0.2, 0) is 23.1 Å². The molecule has 44 heavy (non-hydrogen) atoms. The van der Waals surface area contributed by atoms with Crippen molar-refractivity contribution >= 4 is 12.0 Å². The molecule has 2 bridgehead atoms. The van der Waals surface area contributed by atoms with Gasteiger partial charge < -0.3 is 19.5 Å². The Morgan fingerprint density at radius 1 is 1.09 bits per heavy atom. The quantitative estimate of drug-likeness (QED) is 0.325. The normalized spacial score (nSPS) is 28.5. The van der Waals surface area contributed by atoms with E-state index in [-0.39, 0.29) is 30.0 Å². The molecule has 2 fully saturated rings. The number of piperidine rings is 1. The molecule has 6 nitrogen and oxygen atoms in total. The molecule has 7 rings (SSSR count). The molecular weight excluding hydrogens is 548 g/mol. The van der Waals surface area contributed by atoms with Gasteiger partial charge in [-0.25, -0.2) is 0 Å². The van der Waals surface area contributed by atoms with Crippen LogP contribution in [0.5, 0.6) is 11.5 Å². The van der Waals surface area contributed by atoms with Crippen LogP contribution in [0.3, 0.4) is 0 Å². The highest BCUT2D eigenvalue weighted by Gasteiger charge is 2.73. The van der Waals surface area contributed by atoms with E-state index in [2.05, 4.69) is 55.1 Å². The second-order valence-corrected chi connectivity index (χ2v) is 13.5. The molecule has 1 amide bonds. The first-order valence-corrected chi connectivity index (χ1v) is 16.3. The molecule has 1 N–H and O–H groups in total. The molecule has 0 radical (unpaired) electrons. The number of benzene rings is 3. The molecule has 1 spiro atoms. The van der Waals surface area contributed by atoms with Crippen molar-refractivity contribution in [1.29, 1.82) is 0 Å². The van der Waals surface area contributed by atoms with Gasteiger partial charge in [0, 0.05) is 30.8 Å². The van der Waals surface area contributed by atoms with Crippen LogP contribution in [0.15, 0.2) is 78.9 Å². The first kappa shape index (κ1) is 29.1. The summed E-state index contributed by atoms with van der Waals surface area (Å²) in [6.07, 6.45) is 7.10. The van der Waals surface area contributed by atoms with E-state index < -0.39 is 11.0 Å². The summed E-state index contributed by atoms with van der Waals surface area (Å²) in [5.41, 5.74) is 3.14. The van der Waals surface area contributed by atoms with Crippen LogP contribution in [0.4, 0.5) is 0 Å². The van der Waals surface area contributed by atoms with Crippen molar-refractivity contribution in [2.45, 2.75) is 75.2 Å². The molecule has 0 unspecified atom stereocenters. The molecule has 3 aromatic rings. The summed E-state index contributed by atoms with van der Waals surface area (Å²) in [5.74, 6) is 1.77. The minimum Gasteiger partial charge on any atom is -0.493 e. The Morgan fingerprint density at radius 2 is 1.84 bits per heavy atom. The molecule has 2 aliphatic heterocycles. The number of methoxy groups -OCH3 is 1. The van der Waals surface area contributed by atoms with Crippen molar-refractivity contribution in [3.8, 4) is 11.5 Å². The summed E-state index contributed by atoms with van der Waals surface area (Å²) in [7, 11) is 1.69. The Morgan fingerprint density at radius 3 is 2.57 bits per heavy atom. The summed E-state index contributed by atoms with van der Waals surface area (Å²) in [6.45, 7) is 6.73. The van der Waals surface area contributed by atoms with E-state index in [9.17, 15) is 9.90 Å². The van der Waals surface area contributed by atoms with Gasteiger partial charge in [-0.1, -0.05) is 80.6 Å². The van der Waals surface area contributed by atoms with E-state index in [0.717, 1.165) is 49.2 Å². The average molecular weight is 593 g/mol. The third kappa shape index (κ3) is 4.57. The number of amides is 1. The van der Waals surface area contributed by atoms with Gasteiger partial charge in [-0.15, -0.1) is 0 Å². The fraction of sp³-hybridized carbons (Fsp3) is 0.447. The van der Waals surface area contributed by atoms with Crippen molar-refractivity contribution in [1.82, 2.24) is 9.80 Å². The van der Waals surface area contributed by atoms with Gasteiger partial charge >= 0.3 is 0 Å². The first-order chi connectivity index (χ1) is 21.4. The van der Waals surface area contributed by atoms with Crippen molar-refractivity contribution in [3.63, 3.8) is 0 Å². The monoisotopic (exact) mass is 592 g/mol. The van der Waals surface area contributed by atoms with E-state index in [1.54, 1.807) is 13.2 Å². The summed E-state index contributed by atoms with van der Waals surface area (Å²) in [6, 6.07) is 24.6.